The molecule has 4 aromatic rings. The molecule has 19 heteroatoms. The maximum absolute atomic E-state index is 13.5. The molecule has 50 heavy (non-hydrogen) atoms. The monoisotopic (exact) mass is 718 g/mol. The molecule has 2 aromatic heterocycles. The maximum atomic E-state index is 13.5. The number of piperazine rings is 1. The van der Waals surface area contributed by atoms with E-state index in [0.29, 0.717) is 30.2 Å². The number of thiophene rings is 1. The summed E-state index contributed by atoms with van der Waals surface area (Å²) in [4.78, 5) is 69.5. The summed E-state index contributed by atoms with van der Waals surface area (Å²) >= 11 is 1.28. The third kappa shape index (κ3) is 5.99. The number of nitrogens with one attached hydrogen (secondary N) is 2. The summed E-state index contributed by atoms with van der Waals surface area (Å²) in [5.74, 6) is -2.17. The molecule has 258 valence electrons. The molecule has 2 aromatic carbocycles. The van der Waals surface area contributed by atoms with Gasteiger partial charge in [0.1, 0.15) is 0 Å². The molecule has 7 rings (SSSR count). The Morgan fingerprint density at radius 1 is 0.960 bits per heavy atom. The first-order valence-electron chi connectivity index (χ1n) is 15.4. The van der Waals surface area contributed by atoms with E-state index >= 15 is 0 Å². The number of aromatic nitrogens is 3. The summed E-state index contributed by atoms with van der Waals surface area (Å²) in [6.07, 6.45) is -0.0318. The molecule has 0 unspecified atom stereocenters. The van der Waals surface area contributed by atoms with Crippen LogP contribution in [0, 0.1) is 6.92 Å². The molecule has 0 atom stereocenters. The number of urea groups is 1. The second-order valence-corrected chi connectivity index (χ2v) is 14.7. The van der Waals surface area contributed by atoms with Gasteiger partial charge in [-0.15, -0.1) is 16.4 Å². The van der Waals surface area contributed by atoms with Crippen LogP contribution in [0.4, 0.5) is 22.4 Å². The zero-order chi connectivity index (χ0) is 35.3. The van der Waals surface area contributed by atoms with Crippen molar-refractivity contribution < 1.29 is 32.4 Å². The third-order valence-electron chi connectivity index (χ3n) is 8.57. The van der Waals surface area contributed by atoms with Crippen LogP contribution in [-0.2, 0) is 21.4 Å². The number of hydrogen-bond donors (Lipinski definition) is 3. The van der Waals surface area contributed by atoms with E-state index in [0.717, 1.165) is 25.8 Å². The lowest BCUT2D eigenvalue weighted by Crippen LogP contribution is -2.58. The lowest BCUT2D eigenvalue weighted by Gasteiger charge is -2.34. The van der Waals surface area contributed by atoms with Crippen LogP contribution in [0.5, 0.6) is 0 Å². The number of nitrogen functional groups attached to an aromatic ring is 1. The van der Waals surface area contributed by atoms with E-state index in [-0.39, 0.29) is 54.0 Å². The van der Waals surface area contributed by atoms with Gasteiger partial charge in [-0.05, 0) is 65.9 Å². The van der Waals surface area contributed by atoms with Crippen molar-refractivity contribution in [1.29, 1.82) is 0 Å². The fourth-order valence-electron chi connectivity index (χ4n) is 5.93. The average Bonchev–Trinajstić information content (AvgIpc) is 3.76. The minimum Gasteiger partial charge on any atom is -0.368 e. The first-order chi connectivity index (χ1) is 23.9. The number of hydrazine groups is 1. The topological polar surface area (TPSA) is 213 Å². The largest absolute Gasteiger partial charge is 0.368 e. The molecule has 0 bridgehead atoms. The predicted molar refractivity (Wildman–Crippen MR) is 179 cm³/mol. The van der Waals surface area contributed by atoms with Crippen molar-refractivity contribution >= 4 is 68.6 Å². The normalized spacial score (nSPS) is 17.3. The number of nitrogens with zero attached hydrogens (tertiary/aromatic N) is 7. The molecule has 0 aliphatic carbocycles. The van der Waals surface area contributed by atoms with Crippen molar-refractivity contribution in [2.75, 3.05) is 43.8 Å². The fourth-order valence-corrected chi connectivity index (χ4v) is 8.20. The van der Waals surface area contributed by atoms with Crippen LogP contribution in [0.2, 0.25) is 0 Å². The average molecular weight is 719 g/mol. The third-order valence-corrected chi connectivity index (χ3v) is 11.5. The highest BCUT2D eigenvalue weighted by Crippen LogP contribution is 2.28. The molecule has 0 radical (unpaired) electrons. The van der Waals surface area contributed by atoms with E-state index in [1.807, 2.05) is 17.9 Å². The number of anilines is 3. The van der Waals surface area contributed by atoms with Gasteiger partial charge in [-0.25, -0.2) is 18.2 Å². The van der Waals surface area contributed by atoms with Gasteiger partial charge in [0.05, 0.1) is 27.4 Å². The summed E-state index contributed by atoms with van der Waals surface area (Å²) in [5, 5.41) is 12.7. The number of fused-ring (bicyclic) bond motifs is 1. The van der Waals surface area contributed by atoms with Crippen LogP contribution < -0.4 is 16.4 Å². The fraction of sp³-hybridized carbons (Fsp3) is 0.258. The van der Waals surface area contributed by atoms with E-state index in [1.165, 1.54) is 27.8 Å². The Labute approximate surface area is 289 Å². The van der Waals surface area contributed by atoms with Gasteiger partial charge in [0.25, 0.3) is 17.7 Å². The Bertz CT molecular complexity index is 2170. The Balaban J connectivity index is 0.952. The van der Waals surface area contributed by atoms with E-state index < -0.39 is 39.7 Å². The number of carbonyl (C=O) groups excluding carboxylic acids is 5. The van der Waals surface area contributed by atoms with Crippen molar-refractivity contribution in [2.24, 2.45) is 0 Å². The quantitative estimate of drug-likeness (QED) is 0.222. The van der Waals surface area contributed by atoms with E-state index in [2.05, 4.69) is 20.7 Å². The van der Waals surface area contributed by atoms with Gasteiger partial charge in [-0.2, -0.15) is 19.0 Å². The molecule has 0 saturated carbocycles. The number of aryl methyl sites for hydroxylation is 1. The molecule has 3 aliphatic heterocycles. The summed E-state index contributed by atoms with van der Waals surface area (Å²) in [6.45, 7) is 3.47. The Morgan fingerprint density at radius 2 is 1.68 bits per heavy atom. The Hall–Kier alpha value is -5.50. The molecule has 2 fully saturated rings. The Morgan fingerprint density at radius 3 is 2.36 bits per heavy atom. The zero-order valence-electron chi connectivity index (χ0n) is 26.5. The first-order valence-corrected chi connectivity index (χ1v) is 17.8. The van der Waals surface area contributed by atoms with Crippen LogP contribution in [0.25, 0.3) is 0 Å². The minimum atomic E-state index is -3.80. The Kier molecular flexibility index (Phi) is 8.42. The summed E-state index contributed by atoms with van der Waals surface area (Å²) in [5.41, 5.74) is 8.30. The highest BCUT2D eigenvalue weighted by Gasteiger charge is 2.43. The lowest BCUT2D eigenvalue weighted by molar-refractivity contribution is -0.122. The van der Waals surface area contributed by atoms with Gasteiger partial charge in [0.15, 0.2) is 0 Å². The van der Waals surface area contributed by atoms with E-state index in [1.54, 1.807) is 35.7 Å². The van der Waals surface area contributed by atoms with Crippen molar-refractivity contribution in [3.8, 4) is 0 Å². The van der Waals surface area contributed by atoms with E-state index in [9.17, 15) is 32.4 Å². The van der Waals surface area contributed by atoms with Gasteiger partial charge >= 0.3 is 6.03 Å². The van der Waals surface area contributed by atoms with Gasteiger partial charge < -0.3 is 11.1 Å². The molecule has 2 saturated heterocycles. The van der Waals surface area contributed by atoms with Gasteiger partial charge in [0.2, 0.25) is 27.8 Å². The van der Waals surface area contributed by atoms with Gasteiger partial charge in [0, 0.05) is 44.8 Å². The summed E-state index contributed by atoms with van der Waals surface area (Å²) < 4.78 is 29.3. The van der Waals surface area contributed by atoms with Gasteiger partial charge in [-0.3, -0.25) is 29.4 Å². The SMILES string of the molecule is Cc1ccsc1C(=O)n1nc(Nc2ccc(S(=O)(=O)N3CCN(Cc4ccc5c(c4)C(=O)N(N4CCC(=O)NC4=O)C5=O)CC3)cc2)nc1N. The highest BCUT2D eigenvalue weighted by molar-refractivity contribution is 7.89. The maximum Gasteiger partial charge on any atom is 0.343 e. The van der Waals surface area contributed by atoms with Crippen molar-refractivity contribution in [1.82, 2.24) is 39.3 Å². The summed E-state index contributed by atoms with van der Waals surface area (Å²) in [7, 11) is -3.80. The smallest absolute Gasteiger partial charge is 0.343 e. The second-order valence-electron chi connectivity index (χ2n) is 11.8. The molecule has 17 nitrogen and oxygen atoms in total. The van der Waals surface area contributed by atoms with Gasteiger partial charge in [-0.1, -0.05) is 6.07 Å². The molecule has 0 spiro atoms. The van der Waals surface area contributed by atoms with Crippen molar-refractivity contribution in [3.63, 3.8) is 0 Å². The number of rotatable bonds is 8. The summed E-state index contributed by atoms with van der Waals surface area (Å²) in [6, 6.07) is 12.0. The van der Waals surface area contributed by atoms with E-state index in [4.69, 9.17) is 5.73 Å². The van der Waals surface area contributed by atoms with Crippen LogP contribution in [0.3, 0.4) is 0 Å². The van der Waals surface area contributed by atoms with Crippen LogP contribution >= 0.6 is 11.3 Å². The van der Waals surface area contributed by atoms with Crippen molar-refractivity contribution in [2.45, 2.75) is 24.8 Å². The first kappa shape index (κ1) is 33.0. The molecular formula is C31H30N10O7S2. The predicted octanol–water partition coefficient (Wildman–Crippen LogP) is 1.62. The number of hydrogen-bond acceptors (Lipinski definition) is 13. The molecule has 4 N–H and O–H groups in total. The molecule has 3 aliphatic rings. The van der Waals surface area contributed by atoms with Crippen LogP contribution in [0.1, 0.15) is 47.9 Å². The van der Waals surface area contributed by atoms with Crippen molar-refractivity contribution in [3.05, 3.63) is 81.0 Å². The standard InChI is InChI=1S/C31H30N10O7S2/c1-18-9-15-49-25(18)28(45)40-29(32)35-30(36-40)33-20-3-5-21(6-4-20)50(47,48)38-13-11-37(12-14-38)17-19-2-7-22-23(16-19)27(44)41(26(22)43)39-10-8-24(42)34-31(39)46/h2-7,9,15-16H,8,10-14,17H2,1H3,(H,34,42,46)(H3,32,33,35,36). The minimum absolute atomic E-state index is 0.0318. The number of nitrogens with two attached hydrogens (primary N) is 1. The second kappa shape index (κ2) is 12.8. The lowest BCUT2D eigenvalue weighted by atomic mass is 10.1. The zero-order valence-corrected chi connectivity index (χ0v) is 28.2. The number of imide groups is 2. The number of amides is 5. The number of carbonyl (C=O) groups is 5. The van der Waals surface area contributed by atoms with Crippen LogP contribution in [-0.4, -0.2) is 105 Å². The molecular weight excluding hydrogens is 689 g/mol. The highest BCUT2D eigenvalue weighted by atomic mass is 32.2. The number of sulfonamides is 1. The number of benzene rings is 2. The molecule has 5 heterocycles. The molecule has 5 amide bonds. The van der Waals surface area contributed by atoms with Crippen LogP contribution in [0.15, 0.2) is 58.8 Å².